The first-order valence-corrected chi connectivity index (χ1v) is 5.65. The molecule has 0 saturated heterocycles. The molecule has 0 unspecified atom stereocenters. The molecule has 0 atom stereocenters. The van der Waals surface area contributed by atoms with Gasteiger partial charge in [0.1, 0.15) is 0 Å². The highest BCUT2D eigenvalue weighted by Gasteiger charge is 2.07. The van der Waals surface area contributed by atoms with Gasteiger partial charge in [-0.3, -0.25) is 4.79 Å². The van der Waals surface area contributed by atoms with Crippen molar-refractivity contribution in [2.24, 2.45) is 0 Å². The highest BCUT2D eigenvalue weighted by atomic mass is 16.4. The van der Waals surface area contributed by atoms with Gasteiger partial charge in [-0.05, 0) is 30.7 Å². The van der Waals surface area contributed by atoms with E-state index in [1.165, 1.54) is 6.39 Å². The van der Waals surface area contributed by atoms with E-state index in [0.29, 0.717) is 11.6 Å². The van der Waals surface area contributed by atoms with Crippen molar-refractivity contribution in [3.63, 3.8) is 0 Å². The SMILES string of the molecule is Cc1cc(-c2nnco2)ccc1NC(=O)/C=C/C(=O)O. The Morgan fingerprint density at radius 3 is 2.75 bits per heavy atom. The summed E-state index contributed by atoms with van der Waals surface area (Å²) in [5.41, 5.74) is 2.10. The largest absolute Gasteiger partial charge is 0.478 e. The van der Waals surface area contributed by atoms with Crippen LogP contribution in [0.2, 0.25) is 0 Å². The molecule has 0 fully saturated rings. The predicted octanol–water partition coefficient (Wildman–Crippen LogP) is 1.62. The number of anilines is 1. The van der Waals surface area contributed by atoms with Crippen LogP contribution in [-0.4, -0.2) is 27.2 Å². The molecule has 1 amide bonds. The molecule has 7 heteroatoms. The summed E-state index contributed by atoms with van der Waals surface area (Å²) >= 11 is 0. The fourth-order valence-corrected chi connectivity index (χ4v) is 1.56. The number of carbonyl (C=O) groups is 2. The van der Waals surface area contributed by atoms with Crippen molar-refractivity contribution in [2.75, 3.05) is 5.32 Å². The fourth-order valence-electron chi connectivity index (χ4n) is 1.56. The maximum absolute atomic E-state index is 11.5. The number of carboxylic acid groups (broad SMARTS) is 1. The van der Waals surface area contributed by atoms with Crippen molar-refractivity contribution >= 4 is 17.6 Å². The Morgan fingerprint density at radius 1 is 1.35 bits per heavy atom. The van der Waals surface area contributed by atoms with Crippen LogP contribution < -0.4 is 5.32 Å². The van der Waals surface area contributed by atoms with Gasteiger partial charge >= 0.3 is 5.97 Å². The van der Waals surface area contributed by atoms with E-state index in [1.807, 2.05) is 0 Å². The van der Waals surface area contributed by atoms with E-state index < -0.39 is 11.9 Å². The minimum Gasteiger partial charge on any atom is -0.478 e. The zero-order chi connectivity index (χ0) is 14.5. The van der Waals surface area contributed by atoms with E-state index in [2.05, 4.69) is 15.5 Å². The van der Waals surface area contributed by atoms with Gasteiger partial charge in [0.15, 0.2) is 0 Å². The van der Waals surface area contributed by atoms with E-state index in [-0.39, 0.29) is 0 Å². The van der Waals surface area contributed by atoms with Crippen molar-refractivity contribution in [3.8, 4) is 11.5 Å². The molecule has 0 radical (unpaired) electrons. The minimum absolute atomic E-state index is 0.386. The van der Waals surface area contributed by atoms with Crippen molar-refractivity contribution < 1.29 is 19.1 Å². The Bertz CT molecular complexity index is 662. The quantitative estimate of drug-likeness (QED) is 0.820. The summed E-state index contributed by atoms with van der Waals surface area (Å²) in [6, 6.07) is 5.18. The lowest BCUT2D eigenvalue weighted by Crippen LogP contribution is -2.09. The van der Waals surface area contributed by atoms with Crippen LogP contribution >= 0.6 is 0 Å². The number of benzene rings is 1. The lowest BCUT2D eigenvalue weighted by Gasteiger charge is -2.07. The molecule has 0 aliphatic heterocycles. The number of carbonyl (C=O) groups excluding carboxylic acids is 1. The van der Waals surface area contributed by atoms with Gasteiger partial charge in [-0.25, -0.2) is 4.79 Å². The Kier molecular flexibility index (Phi) is 3.90. The molecule has 0 spiro atoms. The Morgan fingerprint density at radius 2 is 2.15 bits per heavy atom. The van der Waals surface area contributed by atoms with Crippen LogP contribution in [0.3, 0.4) is 0 Å². The molecular weight excluding hydrogens is 262 g/mol. The number of nitrogens with zero attached hydrogens (tertiary/aromatic N) is 2. The predicted molar refractivity (Wildman–Crippen MR) is 69.9 cm³/mol. The molecule has 7 nitrogen and oxygen atoms in total. The van der Waals surface area contributed by atoms with Gasteiger partial charge in [-0.15, -0.1) is 10.2 Å². The molecular formula is C13H11N3O4. The summed E-state index contributed by atoms with van der Waals surface area (Å²) in [5, 5.41) is 18.4. The van der Waals surface area contributed by atoms with E-state index >= 15 is 0 Å². The van der Waals surface area contributed by atoms with Crippen LogP contribution in [0, 0.1) is 6.92 Å². The van der Waals surface area contributed by atoms with Crippen LogP contribution in [0.15, 0.2) is 41.2 Å². The van der Waals surface area contributed by atoms with Crippen LogP contribution in [-0.2, 0) is 9.59 Å². The molecule has 20 heavy (non-hydrogen) atoms. The average Bonchev–Trinajstić information content (AvgIpc) is 2.92. The third-order valence-electron chi connectivity index (χ3n) is 2.47. The summed E-state index contributed by atoms with van der Waals surface area (Å²) in [4.78, 5) is 21.8. The molecule has 2 aromatic rings. The molecule has 0 aliphatic rings. The number of hydrogen-bond acceptors (Lipinski definition) is 5. The van der Waals surface area contributed by atoms with Crippen molar-refractivity contribution in [3.05, 3.63) is 42.3 Å². The smallest absolute Gasteiger partial charge is 0.328 e. The van der Waals surface area contributed by atoms with Gasteiger partial charge in [0.05, 0.1) is 0 Å². The number of aryl methyl sites for hydroxylation is 1. The van der Waals surface area contributed by atoms with E-state index in [1.54, 1.807) is 25.1 Å². The molecule has 102 valence electrons. The second-order valence-corrected chi connectivity index (χ2v) is 3.93. The van der Waals surface area contributed by atoms with Crippen molar-refractivity contribution in [2.45, 2.75) is 6.92 Å². The van der Waals surface area contributed by atoms with Crippen LogP contribution in [0.25, 0.3) is 11.5 Å². The first kappa shape index (κ1) is 13.5. The fraction of sp³-hybridized carbons (Fsp3) is 0.0769. The number of aromatic nitrogens is 2. The normalized spacial score (nSPS) is 10.7. The van der Waals surface area contributed by atoms with Crippen molar-refractivity contribution in [1.29, 1.82) is 0 Å². The zero-order valence-corrected chi connectivity index (χ0v) is 10.5. The molecule has 2 N–H and O–H groups in total. The summed E-state index contributed by atoms with van der Waals surface area (Å²) in [6.45, 7) is 1.80. The maximum Gasteiger partial charge on any atom is 0.328 e. The van der Waals surface area contributed by atoms with Gasteiger partial charge in [0, 0.05) is 23.4 Å². The monoisotopic (exact) mass is 273 g/mol. The maximum atomic E-state index is 11.5. The molecule has 1 aromatic heterocycles. The van der Waals surface area contributed by atoms with Crippen LogP contribution in [0.1, 0.15) is 5.56 Å². The van der Waals surface area contributed by atoms with Crippen molar-refractivity contribution in [1.82, 2.24) is 10.2 Å². The first-order valence-electron chi connectivity index (χ1n) is 5.65. The first-order chi connectivity index (χ1) is 9.56. The third kappa shape index (κ3) is 3.29. The summed E-state index contributed by atoms with van der Waals surface area (Å²) < 4.78 is 5.07. The summed E-state index contributed by atoms with van der Waals surface area (Å²) in [6.07, 6.45) is 2.96. The number of rotatable bonds is 4. The highest BCUT2D eigenvalue weighted by molar-refractivity contribution is 6.02. The molecule has 2 rings (SSSR count). The van der Waals surface area contributed by atoms with Gasteiger partial charge in [-0.1, -0.05) is 0 Å². The van der Waals surface area contributed by atoms with E-state index in [4.69, 9.17) is 9.52 Å². The Hall–Kier alpha value is -2.96. The Labute approximate surface area is 113 Å². The number of carboxylic acids is 1. The van der Waals surface area contributed by atoms with Crippen LogP contribution in [0.5, 0.6) is 0 Å². The van der Waals surface area contributed by atoms with E-state index in [0.717, 1.165) is 23.3 Å². The standard InChI is InChI=1S/C13H11N3O4/c1-8-6-9(13-16-14-7-20-13)2-3-10(8)15-11(17)4-5-12(18)19/h2-7H,1H3,(H,15,17)(H,18,19)/b5-4+. The lowest BCUT2D eigenvalue weighted by molar-refractivity contribution is -0.131. The number of aliphatic carboxylic acids is 1. The second kappa shape index (κ2) is 5.79. The number of amides is 1. The van der Waals surface area contributed by atoms with E-state index in [9.17, 15) is 9.59 Å². The third-order valence-corrected chi connectivity index (χ3v) is 2.47. The number of hydrogen-bond donors (Lipinski definition) is 2. The summed E-state index contributed by atoms with van der Waals surface area (Å²) in [7, 11) is 0. The van der Waals surface area contributed by atoms with Gasteiger partial charge in [-0.2, -0.15) is 0 Å². The van der Waals surface area contributed by atoms with Gasteiger partial charge in [0.25, 0.3) is 0 Å². The molecule has 1 heterocycles. The lowest BCUT2D eigenvalue weighted by atomic mass is 10.1. The topological polar surface area (TPSA) is 105 Å². The highest BCUT2D eigenvalue weighted by Crippen LogP contribution is 2.23. The van der Waals surface area contributed by atoms with Gasteiger partial charge < -0.3 is 14.8 Å². The Balaban J connectivity index is 2.14. The molecule has 1 aromatic carbocycles. The van der Waals surface area contributed by atoms with Crippen LogP contribution in [0.4, 0.5) is 5.69 Å². The zero-order valence-electron chi connectivity index (χ0n) is 10.5. The molecule has 0 aliphatic carbocycles. The van der Waals surface area contributed by atoms with Gasteiger partial charge in [0.2, 0.25) is 18.2 Å². The second-order valence-electron chi connectivity index (χ2n) is 3.93. The molecule has 0 saturated carbocycles. The average molecular weight is 273 g/mol. The molecule has 0 bridgehead atoms. The summed E-state index contributed by atoms with van der Waals surface area (Å²) in [5.74, 6) is -1.30. The minimum atomic E-state index is -1.18. The number of nitrogens with one attached hydrogen (secondary N) is 1.